The monoisotopic (exact) mass is 291 g/mol. The second-order valence-electron chi connectivity index (χ2n) is 4.09. The molecule has 2 rings (SSSR count). The van der Waals surface area contributed by atoms with Crippen LogP contribution in [-0.4, -0.2) is 33.3 Å². The first-order valence-electron chi connectivity index (χ1n) is 6.29. The number of imidazole rings is 1. The van der Waals surface area contributed by atoms with Crippen molar-refractivity contribution in [2.75, 3.05) is 19.0 Å². The number of nitrogens with zero attached hydrogens (tertiary/aromatic N) is 3. The third-order valence-electron chi connectivity index (χ3n) is 2.66. The minimum Gasteiger partial charge on any atom is -0.493 e. The van der Waals surface area contributed by atoms with Crippen LogP contribution in [-0.2, 0) is 6.54 Å². The number of aromatic nitrogens is 3. The van der Waals surface area contributed by atoms with Crippen LogP contribution < -0.4 is 15.4 Å². The molecule has 2 N–H and O–H groups in total. The molecule has 0 saturated carbocycles. The topological polar surface area (TPSA) is 64.0 Å². The maximum absolute atomic E-state index is 5.22. The van der Waals surface area contributed by atoms with E-state index in [0.717, 1.165) is 19.5 Å². The third kappa shape index (κ3) is 4.20. The van der Waals surface area contributed by atoms with Crippen molar-refractivity contribution in [3.63, 3.8) is 0 Å². The number of methoxy groups -OCH3 is 1. The zero-order valence-corrected chi connectivity index (χ0v) is 12.1. The van der Waals surface area contributed by atoms with Crippen molar-refractivity contribution in [1.82, 2.24) is 19.9 Å². The van der Waals surface area contributed by atoms with Crippen molar-refractivity contribution in [2.24, 2.45) is 0 Å². The van der Waals surface area contributed by atoms with E-state index in [9.17, 15) is 0 Å². The maximum Gasteiger partial charge on any atom is 0.174 e. The summed E-state index contributed by atoms with van der Waals surface area (Å²) in [5, 5.41) is 6.69. The molecule has 6 nitrogen and oxygen atoms in total. The Hall–Kier alpha value is -2.15. The minimum atomic E-state index is 0.535. The average molecular weight is 291 g/mol. The first-order valence-corrected chi connectivity index (χ1v) is 6.70. The first kappa shape index (κ1) is 14.3. The molecule has 0 aliphatic rings. The molecule has 0 atom stereocenters. The molecule has 0 radical (unpaired) electrons. The van der Waals surface area contributed by atoms with Crippen LogP contribution in [0.15, 0.2) is 37.1 Å². The van der Waals surface area contributed by atoms with Crippen LogP contribution in [0.5, 0.6) is 5.75 Å². The fraction of sp³-hybridized carbons (Fsp3) is 0.308. The molecule has 0 unspecified atom stereocenters. The zero-order chi connectivity index (χ0) is 14.2. The fourth-order valence-electron chi connectivity index (χ4n) is 1.68. The van der Waals surface area contributed by atoms with Crippen LogP contribution >= 0.6 is 12.2 Å². The molecule has 20 heavy (non-hydrogen) atoms. The second-order valence-corrected chi connectivity index (χ2v) is 4.50. The largest absolute Gasteiger partial charge is 0.493 e. The van der Waals surface area contributed by atoms with Crippen molar-refractivity contribution in [2.45, 2.75) is 13.0 Å². The van der Waals surface area contributed by atoms with Crippen LogP contribution in [0, 0.1) is 0 Å². The van der Waals surface area contributed by atoms with E-state index in [0.29, 0.717) is 16.7 Å². The van der Waals surface area contributed by atoms with E-state index in [1.165, 1.54) is 0 Å². The number of nitrogens with one attached hydrogen (secondary N) is 2. The van der Waals surface area contributed by atoms with E-state index in [4.69, 9.17) is 17.0 Å². The number of hydrogen-bond donors (Lipinski definition) is 2. The summed E-state index contributed by atoms with van der Waals surface area (Å²) in [6.07, 6.45) is 8.15. The van der Waals surface area contributed by atoms with Gasteiger partial charge < -0.3 is 19.9 Å². The lowest BCUT2D eigenvalue weighted by atomic mass is 10.4. The van der Waals surface area contributed by atoms with Gasteiger partial charge in [0.15, 0.2) is 16.7 Å². The van der Waals surface area contributed by atoms with Crippen molar-refractivity contribution in [3.05, 3.63) is 37.1 Å². The molecule has 0 spiro atoms. The zero-order valence-electron chi connectivity index (χ0n) is 11.2. The Morgan fingerprint density at radius 1 is 1.45 bits per heavy atom. The highest BCUT2D eigenvalue weighted by atomic mass is 32.1. The Morgan fingerprint density at radius 3 is 3.10 bits per heavy atom. The number of pyridine rings is 1. The van der Waals surface area contributed by atoms with Crippen molar-refractivity contribution in [1.29, 1.82) is 0 Å². The normalized spacial score (nSPS) is 10.1. The van der Waals surface area contributed by atoms with E-state index in [1.807, 2.05) is 22.9 Å². The highest BCUT2D eigenvalue weighted by Gasteiger charge is 2.04. The minimum absolute atomic E-state index is 0.535. The Kier molecular flexibility index (Phi) is 5.31. The van der Waals surface area contributed by atoms with Crippen molar-refractivity contribution < 1.29 is 4.74 Å². The van der Waals surface area contributed by atoms with Crippen LogP contribution in [0.25, 0.3) is 0 Å². The van der Waals surface area contributed by atoms with Gasteiger partial charge in [0.25, 0.3) is 0 Å². The quantitative estimate of drug-likeness (QED) is 0.623. The standard InChI is InChI=1S/C13H17N5OS/c1-19-11-4-2-5-15-12(11)17-13(20)16-6-3-8-18-9-7-14-10-18/h2,4-5,7,9-10H,3,6,8H2,1H3,(H2,15,16,17,20). The molecule has 0 aliphatic heterocycles. The first-order chi connectivity index (χ1) is 9.79. The Bertz CT molecular complexity index is 543. The van der Waals surface area contributed by atoms with Crippen molar-refractivity contribution >= 4 is 23.1 Å². The van der Waals surface area contributed by atoms with Gasteiger partial charge in [-0.3, -0.25) is 0 Å². The van der Waals surface area contributed by atoms with E-state index in [2.05, 4.69) is 20.6 Å². The van der Waals surface area contributed by atoms with Crippen LogP contribution in [0.2, 0.25) is 0 Å². The number of thiocarbonyl (C=S) groups is 1. The van der Waals surface area contributed by atoms with E-state index >= 15 is 0 Å². The number of rotatable bonds is 6. The van der Waals surface area contributed by atoms with Gasteiger partial charge in [-0.1, -0.05) is 0 Å². The predicted octanol–water partition coefficient (Wildman–Crippen LogP) is 1.66. The summed E-state index contributed by atoms with van der Waals surface area (Å²) in [5.41, 5.74) is 0. The van der Waals surface area contributed by atoms with E-state index < -0.39 is 0 Å². The summed E-state index contributed by atoms with van der Waals surface area (Å²) in [6.45, 7) is 1.68. The Morgan fingerprint density at radius 2 is 2.35 bits per heavy atom. The SMILES string of the molecule is COc1cccnc1NC(=S)NCCCn1ccnc1. The van der Waals surface area contributed by atoms with Gasteiger partial charge >= 0.3 is 0 Å². The lowest BCUT2D eigenvalue weighted by Crippen LogP contribution is -2.30. The predicted molar refractivity (Wildman–Crippen MR) is 81.9 cm³/mol. The third-order valence-corrected chi connectivity index (χ3v) is 2.91. The molecule has 2 heterocycles. The molecule has 7 heteroatoms. The fourth-order valence-corrected chi connectivity index (χ4v) is 1.88. The molecule has 0 bridgehead atoms. The maximum atomic E-state index is 5.22. The summed E-state index contributed by atoms with van der Waals surface area (Å²) in [5.74, 6) is 1.28. The lowest BCUT2D eigenvalue weighted by molar-refractivity contribution is 0.415. The lowest BCUT2D eigenvalue weighted by Gasteiger charge is -2.12. The number of hydrogen-bond acceptors (Lipinski definition) is 4. The summed E-state index contributed by atoms with van der Waals surface area (Å²) in [4.78, 5) is 8.18. The van der Waals surface area contributed by atoms with Crippen LogP contribution in [0.1, 0.15) is 6.42 Å². The van der Waals surface area contributed by atoms with Crippen LogP contribution in [0.3, 0.4) is 0 Å². The number of anilines is 1. The molecule has 0 amide bonds. The Balaban J connectivity index is 1.72. The smallest absolute Gasteiger partial charge is 0.174 e. The van der Waals surface area contributed by atoms with E-state index in [-0.39, 0.29) is 0 Å². The molecular formula is C13H17N5OS. The van der Waals surface area contributed by atoms with Gasteiger partial charge in [0, 0.05) is 31.7 Å². The van der Waals surface area contributed by atoms with Gasteiger partial charge in [-0.15, -0.1) is 0 Å². The van der Waals surface area contributed by atoms with Gasteiger partial charge in [0.2, 0.25) is 0 Å². The molecule has 2 aromatic rings. The summed E-state index contributed by atoms with van der Waals surface area (Å²) in [7, 11) is 1.60. The molecule has 2 aromatic heterocycles. The summed E-state index contributed by atoms with van der Waals surface area (Å²) < 4.78 is 7.23. The molecule has 0 aliphatic carbocycles. The molecule has 106 valence electrons. The number of aryl methyl sites for hydroxylation is 1. The molecule has 0 aromatic carbocycles. The second kappa shape index (κ2) is 7.44. The highest BCUT2D eigenvalue weighted by molar-refractivity contribution is 7.80. The van der Waals surface area contributed by atoms with Crippen molar-refractivity contribution in [3.8, 4) is 5.75 Å². The van der Waals surface area contributed by atoms with E-state index in [1.54, 1.807) is 25.8 Å². The molecule has 0 fully saturated rings. The van der Waals surface area contributed by atoms with Crippen LogP contribution in [0.4, 0.5) is 5.82 Å². The van der Waals surface area contributed by atoms with Gasteiger partial charge in [-0.25, -0.2) is 9.97 Å². The summed E-state index contributed by atoms with van der Waals surface area (Å²) in [6, 6.07) is 3.64. The van der Waals surface area contributed by atoms with Gasteiger partial charge in [-0.05, 0) is 30.8 Å². The Labute approximate surface area is 123 Å². The summed E-state index contributed by atoms with van der Waals surface area (Å²) >= 11 is 5.22. The highest BCUT2D eigenvalue weighted by Crippen LogP contribution is 2.19. The van der Waals surface area contributed by atoms with Gasteiger partial charge in [0.05, 0.1) is 13.4 Å². The molecular weight excluding hydrogens is 274 g/mol. The number of ether oxygens (including phenoxy) is 1. The average Bonchev–Trinajstić information content (AvgIpc) is 2.97. The van der Waals surface area contributed by atoms with Gasteiger partial charge in [0.1, 0.15) is 0 Å². The van der Waals surface area contributed by atoms with Gasteiger partial charge in [-0.2, -0.15) is 0 Å². The molecule has 0 saturated heterocycles.